The molecule has 0 spiro atoms. The molecule has 1 N–H and O–H groups in total. The van der Waals surface area contributed by atoms with Crippen molar-refractivity contribution in [1.82, 2.24) is 0 Å². The van der Waals surface area contributed by atoms with Crippen molar-refractivity contribution in [2.24, 2.45) is 5.92 Å². The fraction of sp³-hybridized carbons (Fsp3) is 0.294. The number of ether oxygens (including phenoxy) is 1. The highest BCUT2D eigenvalue weighted by molar-refractivity contribution is 5.63. The largest absolute Gasteiger partial charge is 0.488 e. The van der Waals surface area contributed by atoms with Crippen LogP contribution >= 0.6 is 0 Å². The zero-order valence-corrected chi connectivity index (χ0v) is 11.4. The van der Waals surface area contributed by atoms with Gasteiger partial charge in [0, 0.05) is 0 Å². The molecule has 0 fully saturated rings. The third-order valence-corrected chi connectivity index (χ3v) is 3.17. The van der Waals surface area contributed by atoms with E-state index in [9.17, 15) is 5.11 Å². The van der Waals surface area contributed by atoms with E-state index in [4.69, 9.17) is 4.74 Å². The minimum Gasteiger partial charge on any atom is -0.488 e. The summed E-state index contributed by atoms with van der Waals surface area (Å²) in [7, 11) is 0. The Balaban J connectivity index is 2.11. The van der Waals surface area contributed by atoms with Crippen LogP contribution in [0.25, 0.3) is 11.1 Å². The van der Waals surface area contributed by atoms with Crippen LogP contribution in [0.15, 0.2) is 54.6 Å². The van der Waals surface area contributed by atoms with Gasteiger partial charge >= 0.3 is 0 Å². The van der Waals surface area contributed by atoms with Crippen LogP contribution in [0.2, 0.25) is 0 Å². The van der Waals surface area contributed by atoms with Crippen LogP contribution in [0.1, 0.15) is 13.8 Å². The summed E-state index contributed by atoms with van der Waals surface area (Å²) in [4.78, 5) is 0. The quantitative estimate of drug-likeness (QED) is 0.882. The standard InChI is InChI=1S/C17H20O2/c1-13(2)17(12-18)19-16-10-8-15(9-11-16)14-6-4-3-5-7-14/h3-11,13,17-18H,12H2,1-2H3/t17-/m1/s1. The first kappa shape index (κ1) is 13.6. The van der Waals surface area contributed by atoms with Gasteiger partial charge in [-0.2, -0.15) is 0 Å². The molecular weight excluding hydrogens is 236 g/mol. The maximum Gasteiger partial charge on any atom is 0.124 e. The summed E-state index contributed by atoms with van der Waals surface area (Å²) in [6.45, 7) is 4.12. The first-order valence-electron chi connectivity index (χ1n) is 6.63. The molecule has 0 bridgehead atoms. The summed E-state index contributed by atoms with van der Waals surface area (Å²) >= 11 is 0. The van der Waals surface area contributed by atoms with Gasteiger partial charge in [-0.05, 0) is 29.2 Å². The number of aliphatic hydroxyl groups excluding tert-OH is 1. The molecule has 0 radical (unpaired) electrons. The van der Waals surface area contributed by atoms with E-state index in [1.807, 2.05) is 56.3 Å². The molecule has 0 saturated heterocycles. The van der Waals surface area contributed by atoms with E-state index < -0.39 is 0 Å². The molecule has 0 heterocycles. The van der Waals surface area contributed by atoms with Crippen LogP contribution in [0.3, 0.4) is 0 Å². The average molecular weight is 256 g/mol. The monoisotopic (exact) mass is 256 g/mol. The molecule has 0 aliphatic heterocycles. The van der Waals surface area contributed by atoms with E-state index in [2.05, 4.69) is 12.1 Å². The van der Waals surface area contributed by atoms with Crippen LogP contribution in [0.5, 0.6) is 5.75 Å². The van der Waals surface area contributed by atoms with Crippen molar-refractivity contribution in [3.63, 3.8) is 0 Å². The lowest BCUT2D eigenvalue weighted by Gasteiger charge is -2.20. The first-order chi connectivity index (χ1) is 9.20. The van der Waals surface area contributed by atoms with Crippen molar-refractivity contribution in [2.75, 3.05) is 6.61 Å². The molecule has 0 aliphatic rings. The van der Waals surface area contributed by atoms with E-state index in [0.717, 1.165) is 11.3 Å². The van der Waals surface area contributed by atoms with Crippen LogP contribution in [-0.4, -0.2) is 17.8 Å². The van der Waals surface area contributed by atoms with Crippen molar-refractivity contribution in [1.29, 1.82) is 0 Å². The van der Waals surface area contributed by atoms with Crippen molar-refractivity contribution in [3.8, 4) is 16.9 Å². The van der Waals surface area contributed by atoms with Crippen LogP contribution in [0, 0.1) is 5.92 Å². The van der Waals surface area contributed by atoms with Crippen LogP contribution < -0.4 is 4.74 Å². The smallest absolute Gasteiger partial charge is 0.124 e. The minimum absolute atomic E-state index is 0.0398. The Morgan fingerprint density at radius 3 is 2.00 bits per heavy atom. The highest BCUT2D eigenvalue weighted by atomic mass is 16.5. The Labute approximate surface area is 114 Å². The Morgan fingerprint density at radius 1 is 0.895 bits per heavy atom. The highest BCUT2D eigenvalue weighted by Crippen LogP contribution is 2.23. The van der Waals surface area contributed by atoms with E-state index in [-0.39, 0.29) is 12.7 Å². The van der Waals surface area contributed by atoms with Gasteiger partial charge in [0.25, 0.3) is 0 Å². The first-order valence-corrected chi connectivity index (χ1v) is 6.63. The highest BCUT2D eigenvalue weighted by Gasteiger charge is 2.13. The second-order valence-corrected chi connectivity index (χ2v) is 4.97. The number of hydrogen-bond acceptors (Lipinski definition) is 2. The molecule has 2 aromatic rings. The van der Waals surface area contributed by atoms with Gasteiger partial charge in [-0.25, -0.2) is 0 Å². The Kier molecular flexibility index (Phi) is 4.58. The molecule has 2 rings (SSSR count). The van der Waals surface area contributed by atoms with Crippen molar-refractivity contribution in [2.45, 2.75) is 20.0 Å². The molecule has 0 aliphatic carbocycles. The molecule has 1 atom stereocenters. The summed E-state index contributed by atoms with van der Waals surface area (Å²) in [5.41, 5.74) is 2.36. The minimum atomic E-state index is -0.150. The van der Waals surface area contributed by atoms with Gasteiger partial charge in [0.1, 0.15) is 11.9 Å². The number of hydrogen-bond donors (Lipinski definition) is 1. The third-order valence-electron chi connectivity index (χ3n) is 3.17. The third kappa shape index (κ3) is 3.58. The van der Waals surface area contributed by atoms with Crippen molar-refractivity contribution >= 4 is 0 Å². The van der Waals surface area contributed by atoms with Gasteiger partial charge in [-0.15, -0.1) is 0 Å². The summed E-state index contributed by atoms with van der Waals surface area (Å²) < 4.78 is 5.77. The number of benzene rings is 2. The second-order valence-electron chi connectivity index (χ2n) is 4.97. The maximum absolute atomic E-state index is 9.27. The molecule has 2 aromatic carbocycles. The SMILES string of the molecule is CC(C)[C@@H](CO)Oc1ccc(-c2ccccc2)cc1. The van der Waals surface area contributed by atoms with Crippen molar-refractivity contribution in [3.05, 3.63) is 54.6 Å². The Morgan fingerprint density at radius 2 is 1.47 bits per heavy atom. The molecule has 19 heavy (non-hydrogen) atoms. The molecule has 2 heteroatoms. The molecule has 0 aromatic heterocycles. The van der Waals surface area contributed by atoms with Crippen molar-refractivity contribution < 1.29 is 9.84 Å². The van der Waals surface area contributed by atoms with Gasteiger partial charge in [0.05, 0.1) is 6.61 Å². The predicted octanol–water partition coefficient (Wildman–Crippen LogP) is 3.75. The fourth-order valence-corrected chi connectivity index (χ4v) is 1.92. The van der Waals surface area contributed by atoms with Gasteiger partial charge < -0.3 is 9.84 Å². The van der Waals surface area contributed by atoms with Gasteiger partial charge in [0.15, 0.2) is 0 Å². The summed E-state index contributed by atoms with van der Waals surface area (Å²) in [6.07, 6.45) is -0.150. The van der Waals surface area contributed by atoms with E-state index in [1.165, 1.54) is 5.56 Å². The normalized spacial score (nSPS) is 12.4. The van der Waals surface area contributed by atoms with Gasteiger partial charge in [0.2, 0.25) is 0 Å². The second kappa shape index (κ2) is 6.39. The zero-order valence-electron chi connectivity index (χ0n) is 11.4. The lowest BCUT2D eigenvalue weighted by Crippen LogP contribution is -2.27. The lowest BCUT2D eigenvalue weighted by atomic mass is 10.1. The molecule has 0 saturated carbocycles. The Hall–Kier alpha value is -1.80. The number of rotatable bonds is 5. The van der Waals surface area contributed by atoms with Gasteiger partial charge in [-0.1, -0.05) is 56.3 Å². The predicted molar refractivity (Wildman–Crippen MR) is 78.2 cm³/mol. The zero-order chi connectivity index (χ0) is 13.7. The molecular formula is C17H20O2. The van der Waals surface area contributed by atoms with Crippen LogP contribution in [0.4, 0.5) is 0 Å². The maximum atomic E-state index is 9.27. The number of aliphatic hydroxyl groups is 1. The Bertz CT molecular complexity index is 488. The molecule has 0 unspecified atom stereocenters. The van der Waals surface area contributed by atoms with E-state index >= 15 is 0 Å². The fourth-order valence-electron chi connectivity index (χ4n) is 1.92. The van der Waals surface area contributed by atoms with E-state index in [0.29, 0.717) is 5.92 Å². The molecule has 100 valence electrons. The topological polar surface area (TPSA) is 29.5 Å². The summed E-state index contributed by atoms with van der Waals surface area (Å²) in [5, 5.41) is 9.27. The summed E-state index contributed by atoms with van der Waals surface area (Å²) in [6, 6.07) is 18.2. The van der Waals surface area contributed by atoms with Gasteiger partial charge in [-0.3, -0.25) is 0 Å². The molecule has 0 amide bonds. The molecule has 2 nitrogen and oxygen atoms in total. The van der Waals surface area contributed by atoms with Crippen LogP contribution in [-0.2, 0) is 0 Å². The van der Waals surface area contributed by atoms with E-state index in [1.54, 1.807) is 0 Å². The lowest BCUT2D eigenvalue weighted by molar-refractivity contribution is 0.0801. The summed E-state index contributed by atoms with van der Waals surface area (Å²) in [5.74, 6) is 1.09. The average Bonchev–Trinajstić information content (AvgIpc) is 2.46.